The summed E-state index contributed by atoms with van der Waals surface area (Å²) in [5.41, 5.74) is 0.618. The summed E-state index contributed by atoms with van der Waals surface area (Å²) in [5, 5.41) is 0. The monoisotopic (exact) mass is 208 g/mol. The molecule has 2 rings (SSSR count). The molecule has 0 saturated heterocycles. The number of carbonyl (C=O) groups is 1. The van der Waals surface area contributed by atoms with Crippen molar-refractivity contribution < 1.29 is 9.18 Å². The van der Waals surface area contributed by atoms with E-state index in [0.717, 1.165) is 0 Å². The van der Waals surface area contributed by atoms with E-state index in [1.807, 2.05) is 17.8 Å². The number of carbonyl (C=O) groups excluding carboxylic acids is 1. The molecule has 0 saturated carbocycles. The molecule has 2 heterocycles. The molecule has 0 unspecified atom stereocenters. The van der Waals surface area contributed by atoms with Crippen molar-refractivity contribution in [3.05, 3.63) is 35.9 Å². The highest BCUT2D eigenvalue weighted by Crippen LogP contribution is 2.14. The number of aryl methyl sites for hydroxylation is 1. The van der Waals surface area contributed by atoms with E-state index in [-0.39, 0.29) is 18.3 Å². The second-order valence-corrected chi connectivity index (χ2v) is 3.73. The third kappa shape index (κ3) is 2.09. The van der Waals surface area contributed by atoms with Gasteiger partial charge in [-0.25, -0.2) is 4.39 Å². The summed E-state index contributed by atoms with van der Waals surface area (Å²) >= 11 is 0. The average molecular weight is 208 g/mol. The van der Waals surface area contributed by atoms with Crippen LogP contribution in [-0.2, 0) is 7.05 Å². The molecule has 0 radical (unpaired) electrons. The lowest BCUT2D eigenvalue weighted by Crippen LogP contribution is -2.34. The fourth-order valence-electron chi connectivity index (χ4n) is 1.69. The molecule has 80 valence electrons. The van der Waals surface area contributed by atoms with Crippen molar-refractivity contribution in [2.45, 2.75) is 6.42 Å². The van der Waals surface area contributed by atoms with Gasteiger partial charge >= 0.3 is 0 Å². The molecule has 3 nitrogen and oxygen atoms in total. The van der Waals surface area contributed by atoms with Gasteiger partial charge < -0.3 is 9.47 Å². The Bertz CT molecular complexity index is 408. The molecule has 1 aliphatic rings. The molecule has 0 fully saturated rings. The second kappa shape index (κ2) is 3.88. The number of hydrogen-bond acceptors (Lipinski definition) is 1. The van der Waals surface area contributed by atoms with Crippen LogP contribution in [0, 0.1) is 0 Å². The lowest BCUT2D eigenvalue weighted by molar-refractivity contribution is 0.0755. The van der Waals surface area contributed by atoms with E-state index in [1.165, 1.54) is 11.0 Å². The van der Waals surface area contributed by atoms with E-state index in [4.69, 9.17) is 0 Å². The minimum absolute atomic E-state index is 0.0983. The highest BCUT2D eigenvalue weighted by Gasteiger charge is 2.19. The van der Waals surface area contributed by atoms with Crippen LogP contribution >= 0.6 is 0 Å². The second-order valence-electron chi connectivity index (χ2n) is 3.73. The Morgan fingerprint density at radius 2 is 2.33 bits per heavy atom. The highest BCUT2D eigenvalue weighted by molar-refractivity contribution is 5.94. The standard InChI is InChI=1S/C11H13FN2O/c1-13-6-4-9(7-13)11(15)14-5-2-3-10(12)8-14/h3-4,6-7H,2,5,8H2,1H3. The maximum absolute atomic E-state index is 13.0. The van der Waals surface area contributed by atoms with Crippen LogP contribution in [0.5, 0.6) is 0 Å². The first-order valence-corrected chi connectivity index (χ1v) is 4.92. The van der Waals surface area contributed by atoms with E-state index in [9.17, 15) is 9.18 Å². The molecule has 1 amide bonds. The smallest absolute Gasteiger partial charge is 0.255 e. The van der Waals surface area contributed by atoms with Crippen molar-refractivity contribution in [1.29, 1.82) is 0 Å². The largest absolute Gasteiger partial charge is 0.356 e. The normalized spacial score (nSPS) is 16.4. The van der Waals surface area contributed by atoms with E-state index < -0.39 is 0 Å². The van der Waals surface area contributed by atoms with Crippen molar-refractivity contribution in [3.8, 4) is 0 Å². The lowest BCUT2D eigenvalue weighted by Gasteiger charge is -2.23. The van der Waals surface area contributed by atoms with Crippen LogP contribution in [-0.4, -0.2) is 28.5 Å². The number of amides is 1. The summed E-state index contributed by atoms with van der Waals surface area (Å²) in [6.45, 7) is 0.703. The first-order chi connectivity index (χ1) is 7.16. The van der Waals surface area contributed by atoms with Gasteiger partial charge in [0.1, 0.15) is 5.83 Å². The number of nitrogens with zero attached hydrogens (tertiary/aromatic N) is 2. The van der Waals surface area contributed by atoms with Gasteiger partial charge in [-0.3, -0.25) is 4.79 Å². The molecule has 15 heavy (non-hydrogen) atoms. The summed E-state index contributed by atoms with van der Waals surface area (Å²) in [4.78, 5) is 13.4. The maximum atomic E-state index is 13.0. The fourth-order valence-corrected chi connectivity index (χ4v) is 1.69. The van der Waals surface area contributed by atoms with Gasteiger partial charge in [0.2, 0.25) is 0 Å². The number of halogens is 1. The summed E-state index contributed by atoms with van der Waals surface area (Å²) in [7, 11) is 1.85. The Kier molecular flexibility index (Phi) is 2.58. The Morgan fingerprint density at radius 1 is 1.53 bits per heavy atom. The van der Waals surface area contributed by atoms with E-state index in [0.29, 0.717) is 18.5 Å². The third-order valence-corrected chi connectivity index (χ3v) is 2.47. The zero-order valence-electron chi connectivity index (χ0n) is 8.61. The Balaban J connectivity index is 2.12. The van der Waals surface area contributed by atoms with Gasteiger partial charge in [-0.1, -0.05) is 0 Å². The minimum Gasteiger partial charge on any atom is -0.356 e. The number of rotatable bonds is 1. The SMILES string of the molecule is Cn1ccc(C(=O)N2CCC=C(F)C2)c1. The Labute approximate surface area is 87.8 Å². The molecule has 0 aromatic carbocycles. The average Bonchev–Trinajstić information content (AvgIpc) is 2.64. The zero-order valence-corrected chi connectivity index (χ0v) is 8.61. The Hall–Kier alpha value is -1.58. The molecule has 0 aliphatic carbocycles. The van der Waals surface area contributed by atoms with Crippen LogP contribution in [0.2, 0.25) is 0 Å². The first kappa shape index (κ1) is 9.96. The van der Waals surface area contributed by atoms with Crippen LogP contribution in [0.4, 0.5) is 4.39 Å². The molecular formula is C11H13FN2O. The first-order valence-electron chi connectivity index (χ1n) is 4.92. The molecule has 0 bridgehead atoms. The summed E-state index contributed by atoms with van der Waals surface area (Å²) in [6, 6.07) is 1.75. The van der Waals surface area contributed by atoms with Crippen molar-refractivity contribution in [2.24, 2.45) is 7.05 Å². The van der Waals surface area contributed by atoms with E-state index in [1.54, 1.807) is 12.3 Å². The lowest BCUT2D eigenvalue weighted by atomic mass is 10.2. The summed E-state index contributed by atoms with van der Waals surface area (Å²) < 4.78 is 14.8. The van der Waals surface area contributed by atoms with Crippen molar-refractivity contribution in [2.75, 3.05) is 13.1 Å². The summed E-state index contributed by atoms with van der Waals surface area (Å²) in [5.74, 6) is -0.315. The van der Waals surface area contributed by atoms with Crippen LogP contribution in [0.1, 0.15) is 16.8 Å². The maximum Gasteiger partial charge on any atom is 0.255 e. The van der Waals surface area contributed by atoms with Gasteiger partial charge in [0, 0.05) is 26.0 Å². The van der Waals surface area contributed by atoms with Crippen molar-refractivity contribution in [3.63, 3.8) is 0 Å². The molecule has 1 aliphatic heterocycles. The summed E-state index contributed by atoms with van der Waals surface area (Å²) in [6.07, 6.45) is 5.70. The fraction of sp³-hybridized carbons (Fsp3) is 0.364. The number of hydrogen-bond donors (Lipinski definition) is 0. The molecule has 1 aromatic rings. The molecule has 0 N–H and O–H groups in total. The van der Waals surface area contributed by atoms with Crippen LogP contribution < -0.4 is 0 Å². The van der Waals surface area contributed by atoms with E-state index >= 15 is 0 Å². The van der Waals surface area contributed by atoms with Gasteiger partial charge in [-0.2, -0.15) is 0 Å². The highest BCUT2D eigenvalue weighted by atomic mass is 19.1. The van der Waals surface area contributed by atoms with Gasteiger partial charge in [0.15, 0.2) is 0 Å². The molecule has 0 spiro atoms. The topological polar surface area (TPSA) is 25.2 Å². The predicted octanol–water partition coefficient (Wildman–Crippen LogP) is 1.72. The van der Waals surface area contributed by atoms with E-state index in [2.05, 4.69) is 0 Å². The van der Waals surface area contributed by atoms with Crippen LogP contribution in [0.15, 0.2) is 30.4 Å². The molecule has 0 atom stereocenters. The van der Waals surface area contributed by atoms with Crippen LogP contribution in [0.3, 0.4) is 0 Å². The molecule has 4 heteroatoms. The van der Waals surface area contributed by atoms with Crippen LogP contribution in [0.25, 0.3) is 0 Å². The molecule has 1 aromatic heterocycles. The zero-order chi connectivity index (χ0) is 10.8. The Morgan fingerprint density at radius 3 is 2.93 bits per heavy atom. The quantitative estimate of drug-likeness (QED) is 0.690. The molecular weight excluding hydrogens is 195 g/mol. The predicted molar refractivity (Wildman–Crippen MR) is 55.1 cm³/mol. The minimum atomic E-state index is -0.217. The van der Waals surface area contributed by atoms with Crippen molar-refractivity contribution in [1.82, 2.24) is 9.47 Å². The van der Waals surface area contributed by atoms with Gasteiger partial charge in [-0.05, 0) is 18.6 Å². The van der Waals surface area contributed by atoms with Gasteiger partial charge in [-0.15, -0.1) is 0 Å². The van der Waals surface area contributed by atoms with Gasteiger partial charge in [0.25, 0.3) is 5.91 Å². The third-order valence-electron chi connectivity index (χ3n) is 2.47. The van der Waals surface area contributed by atoms with Gasteiger partial charge in [0.05, 0.1) is 12.1 Å². The number of aromatic nitrogens is 1. The van der Waals surface area contributed by atoms with Crippen molar-refractivity contribution >= 4 is 5.91 Å².